The highest BCUT2D eigenvalue weighted by molar-refractivity contribution is 6.29. The number of carbonyl (C=O) groups excluding carboxylic acids is 1. The zero-order valence-corrected chi connectivity index (χ0v) is 9.34. The van der Waals surface area contributed by atoms with Crippen molar-refractivity contribution < 1.29 is 4.79 Å². The third kappa shape index (κ3) is 2.30. The molecular formula is C11H13ClN2O. The lowest BCUT2D eigenvalue weighted by Crippen LogP contribution is -2.12. The molecule has 1 amide bonds. The summed E-state index contributed by atoms with van der Waals surface area (Å²) in [5.41, 5.74) is 3.45. The lowest BCUT2D eigenvalue weighted by molar-refractivity contribution is -0.113. The van der Waals surface area contributed by atoms with Crippen molar-refractivity contribution in [3.05, 3.63) is 29.3 Å². The van der Waals surface area contributed by atoms with Gasteiger partial charge in [-0.15, -0.1) is 11.6 Å². The predicted octanol–water partition coefficient (Wildman–Crippen LogP) is 1.81. The molecule has 15 heavy (non-hydrogen) atoms. The molecule has 1 N–H and O–H groups in total. The SMILES string of the molecule is CN1Cc2ccc(NC(=O)CCl)cc2C1. The molecule has 80 valence electrons. The third-order valence-electron chi connectivity index (χ3n) is 2.49. The number of rotatable bonds is 2. The zero-order valence-electron chi connectivity index (χ0n) is 8.59. The van der Waals surface area contributed by atoms with Crippen LogP contribution in [0.15, 0.2) is 18.2 Å². The van der Waals surface area contributed by atoms with Crippen LogP contribution in [0.2, 0.25) is 0 Å². The largest absolute Gasteiger partial charge is 0.325 e. The maximum absolute atomic E-state index is 11.1. The summed E-state index contributed by atoms with van der Waals surface area (Å²) in [4.78, 5) is 13.3. The van der Waals surface area contributed by atoms with Crippen molar-refractivity contribution in [1.82, 2.24) is 4.90 Å². The second-order valence-corrected chi connectivity index (χ2v) is 4.10. The van der Waals surface area contributed by atoms with Crippen molar-refractivity contribution >= 4 is 23.2 Å². The molecule has 1 aliphatic heterocycles. The van der Waals surface area contributed by atoms with E-state index in [-0.39, 0.29) is 11.8 Å². The van der Waals surface area contributed by atoms with E-state index >= 15 is 0 Å². The molecule has 1 aromatic carbocycles. The van der Waals surface area contributed by atoms with E-state index in [9.17, 15) is 4.79 Å². The van der Waals surface area contributed by atoms with Gasteiger partial charge in [0.2, 0.25) is 5.91 Å². The van der Waals surface area contributed by atoms with Crippen LogP contribution in [0.4, 0.5) is 5.69 Å². The monoisotopic (exact) mass is 224 g/mol. The van der Waals surface area contributed by atoms with Gasteiger partial charge in [-0.25, -0.2) is 0 Å². The number of nitrogens with one attached hydrogen (secondary N) is 1. The molecule has 4 heteroatoms. The van der Waals surface area contributed by atoms with Crippen LogP contribution in [0.3, 0.4) is 0 Å². The molecule has 2 rings (SSSR count). The van der Waals surface area contributed by atoms with Crippen LogP contribution in [0.5, 0.6) is 0 Å². The molecule has 3 nitrogen and oxygen atoms in total. The molecule has 0 aliphatic carbocycles. The van der Waals surface area contributed by atoms with E-state index in [1.54, 1.807) is 0 Å². The molecule has 0 aromatic heterocycles. The maximum atomic E-state index is 11.1. The van der Waals surface area contributed by atoms with Crippen molar-refractivity contribution in [3.8, 4) is 0 Å². The van der Waals surface area contributed by atoms with E-state index in [1.807, 2.05) is 12.1 Å². The average molecular weight is 225 g/mol. The van der Waals surface area contributed by atoms with Gasteiger partial charge < -0.3 is 5.32 Å². The Kier molecular flexibility index (Phi) is 2.93. The van der Waals surface area contributed by atoms with Crippen molar-refractivity contribution in [1.29, 1.82) is 0 Å². The minimum Gasteiger partial charge on any atom is -0.325 e. The quantitative estimate of drug-likeness (QED) is 0.778. The fourth-order valence-corrected chi connectivity index (χ4v) is 1.90. The Morgan fingerprint density at radius 2 is 2.20 bits per heavy atom. The number of anilines is 1. The molecule has 1 aromatic rings. The van der Waals surface area contributed by atoms with Crippen LogP contribution in [0.25, 0.3) is 0 Å². The summed E-state index contributed by atoms with van der Waals surface area (Å²) < 4.78 is 0. The van der Waals surface area contributed by atoms with Crippen LogP contribution >= 0.6 is 11.6 Å². The zero-order chi connectivity index (χ0) is 10.8. The Bertz CT molecular complexity index is 392. The summed E-state index contributed by atoms with van der Waals surface area (Å²) >= 11 is 5.42. The van der Waals surface area contributed by atoms with Crippen molar-refractivity contribution in [2.24, 2.45) is 0 Å². The molecule has 0 saturated carbocycles. The first-order valence-corrected chi connectivity index (χ1v) is 5.38. The summed E-state index contributed by atoms with van der Waals surface area (Å²) in [6.07, 6.45) is 0. The fourth-order valence-electron chi connectivity index (χ4n) is 1.84. The second-order valence-electron chi connectivity index (χ2n) is 3.84. The normalized spacial score (nSPS) is 15.1. The first-order valence-electron chi connectivity index (χ1n) is 4.85. The van der Waals surface area contributed by atoms with Gasteiger partial charge in [0.15, 0.2) is 0 Å². The summed E-state index contributed by atoms with van der Waals surface area (Å²) in [7, 11) is 2.08. The molecule has 0 saturated heterocycles. The van der Waals surface area contributed by atoms with Crippen molar-refractivity contribution in [2.45, 2.75) is 13.1 Å². The summed E-state index contributed by atoms with van der Waals surface area (Å²) in [6.45, 7) is 1.93. The number of nitrogens with zero attached hydrogens (tertiary/aromatic N) is 1. The van der Waals surface area contributed by atoms with E-state index in [4.69, 9.17) is 11.6 Å². The number of hydrogen-bond donors (Lipinski definition) is 1. The van der Waals surface area contributed by atoms with Crippen LogP contribution in [0, 0.1) is 0 Å². The van der Waals surface area contributed by atoms with E-state index in [0.29, 0.717) is 0 Å². The number of hydrogen-bond acceptors (Lipinski definition) is 2. The highest BCUT2D eigenvalue weighted by atomic mass is 35.5. The van der Waals surface area contributed by atoms with Gasteiger partial charge in [-0.2, -0.15) is 0 Å². The Labute approximate surface area is 94.0 Å². The number of benzene rings is 1. The highest BCUT2D eigenvalue weighted by Crippen LogP contribution is 2.24. The number of amides is 1. The molecule has 0 radical (unpaired) electrons. The van der Waals surface area contributed by atoms with Gasteiger partial charge in [0.25, 0.3) is 0 Å². The van der Waals surface area contributed by atoms with Crippen LogP contribution in [-0.2, 0) is 17.9 Å². The van der Waals surface area contributed by atoms with Gasteiger partial charge in [0, 0.05) is 18.8 Å². The first-order chi connectivity index (χ1) is 7.19. The summed E-state index contributed by atoms with van der Waals surface area (Å²) in [5, 5.41) is 2.75. The van der Waals surface area contributed by atoms with E-state index in [2.05, 4.69) is 23.3 Å². The Morgan fingerprint density at radius 3 is 2.93 bits per heavy atom. The highest BCUT2D eigenvalue weighted by Gasteiger charge is 2.15. The topological polar surface area (TPSA) is 32.3 Å². The molecule has 0 spiro atoms. The third-order valence-corrected chi connectivity index (χ3v) is 2.73. The number of alkyl halides is 1. The van der Waals surface area contributed by atoms with Crippen molar-refractivity contribution in [3.63, 3.8) is 0 Å². The molecule has 1 aliphatic rings. The van der Waals surface area contributed by atoms with Gasteiger partial charge in [-0.3, -0.25) is 9.69 Å². The second kappa shape index (κ2) is 4.21. The Hall–Kier alpha value is -1.06. The standard InChI is InChI=1S/C11H13ClN2O/c1-14-6-8-2-3-10(4-9(8)7-14)13-11(15)5-12/h2-4H,5-7H2,1H3,(H,13,15). The molecular weight excluding hydrogens is 212 g/mol. The minimum atomic E-state index is -0.164. The number of halogens is 1. The van der Waals surface area contributed by atoms with Gasteiger partial charge in [0.1, 0.15) is 5.88 Å². The van der Waals surface area contributed by atoms with E-state index < -0.39 is 0 Å². The van der Waals surface area contributed by atoms with Crippen LogP contribution in [0.1, 0.15) is 11.1 Å². The Morgan fingerprint density at radius 1 is 1.47 bits per heavy atom. The molecule has 0 unspecified atom stereocenters. The summed E-state index contributed by atoms with van der Waals surface area (Å²) in [5.74, 6) is -0.167. The molecule has 0 fully saturated rings. The van der Waals surface area contributed by atoms with Crippen LogP contribution < -0.4 is 5.32 Å². The maximum Gasteiger partial charge on any atom is 0.239 e. The molecule has 0 atom stereocenters. The van der Waals surface area contributed by atoms with Crippen molar-refractivity contribution in [2.75, 3.05) is 18.2 Å². The first kappa shape index (κ1) is 10.5. The molecule has 0 bridgehead atoms. The summed E-state index contributed by atoms with van der Waals surface area (Å²) in [6, 6.07) is 5.99. The van der Waals surface area contributed by atoms with Gasteiger partial charge >= 0.3 is 0 Å². The van der Waals surface area contributed by atoms with E-state index in [0.717, 1.165) is 18.8 Å². The minimum absolute atomic E-state index is 0.00299. The fraction of sp³-hybridized carbons (Fsp3) is 0.364. The Balaban J connectivity index is 2.16. The molecule has 1 heterocycles. The number of fused-ring (bicyclic) bond motifs is 1. The predicted molar refractivity (Wildman–Crippen MR) is 61.0 cm³/mol. The lowest BCUT2D eigenvalue weighted by atomic mass is 10.1. The van der Waals surface area contributed by atoms with Gasteiger partial charge in [0.05, 0.1) is 0 Å². The number of carbonyl (C=O) groups is 1. The smallest absolute Gasteiger partial charge is 0.239 e. The van der Waals surface area contributed by atoms with Crippen LogP contribution in [-0.4, -0.2) is 23.7 Å². The van der Waals surface area contributed by atoms with Gasteiger partial charge in [-0.05, 0) is 30.3 Å². The van der Waals surface area contributed by atoms with Gasteiger partial charge in [-0.1, -0.05) is 6.07 Å². The lowest BCUT2D eigenvalue weighted by Gasteiger charge is -2.05. The van der Waals surface area contributed by atoms with E-state index in [1.165, 1.54) is 11.1 Å². The average Bonchev–Trinajstić information content (AvgIpc) is 2.57.